The van der Waals surface area contributed by atoms with Crippen LogP contribution in [0, 0.1) is 0 Å². The summed E-state index contributed by atoms with van der Waals surface area (Å²) in [6, 6.07) is 6.06. The van der Waals surface area contributed by atoms with E-state index in [2.05, 4.69) is 12.2 Å². The van der Waals surface area contributed by atoms with E-state index in [1.54, 1.807) is 19.1 Å². The highest BCUT2D eigenvalue weighted by atomic mass is 19.4. The molecule has 0 bridgehead atoms. The monoisotopic (exact) mass is 358 g/mol. The van der Waals surface area contributed by atoms with Gasteiger partial charge in [-0.05, 0) is 44.7 Å². The second-order valence-corrected chi connectivity index (χ2v) is 6.39. The summed E-state index contributed by atoms with van der Waals surface area (Å²) in [5.74, 6) is 0.138. The summed E-state index contributed by atoms with van der Waals surface area (Å²) >= 11 is 0. The Morgan fingerprint density at radius 3 is 2.84 bits per heavy atom. The van der Waals surface area contributed by atoms with Crippen LogP contribution in [0.25, 0.3) is 0 Å². The lowest BCUT2D eigenvalue weighted by molar-refractivity contribution is -0.153. The van der Waals surface area contributed by atoms with Crippen LogP contribution >= 0.6 is 0 Å². The number of anilines is 1. The Labute approximate surface area is 146 Å². The molecule has 0 aromatic heterocycles. The number of likely N-dealkylation sites (tertiary alicyclic amines) is 1. The molecule has 2 unspecified atom stereocenters. The van der Waals surface area contributed by atoms with Gasteiger partial charge >= 0.3 is 6.18 Å². The molecule has 0 aliphatic carbocycles. The molecule has 0 saturated carbocycles. The molecule has 1 fully saturated rings. The van der Waals surface area contributed by atoms with E-state index in [1.807, 2.05) is 4.90 Å². The summed E-state index contributed by atoms with van der Waals surface area (Å²) in [5, 5.41) is 3.07. The van der Waals surface area contributed by atoms with E-state index in [9.17, 15) is 18.0 Å². The Bertz CT molecular complexity index is 578. The number of carbonyl (C=O) groups is 1. The van der Waals surface area contributed by atoms with Crippen LogP contribution in [0.1, 0.15) is 39.5 Å². The second kappa shape index (κ2) is 8.45. The molecule has 0 radical (unpaired) electrons. The van der Waals surface area contributed by atoms with Gasteiger partial charge in [-0.15, -0.1) is 0 Å². The summed E-state index contributed by atoms with van der Waals surface area (Å²) in [4.78, 5) is 14.6. The molecule has 1 heterocycles. The smallest absolute Gasteiger partial charge is 0.422 e. The number of piperidine rings is 1. The molecule has 7 heteroatoms. The highest BCUT2D eigenvalue weighted by molar-refractivity contribution is 5.84. The zero-order valence-corrected chi connectivity index (χ0v) is 14.6. The van der Waals surface area contributed by atoms with Gasteiger partial charge in [-0.3, -0.25) is 4.79 Å². The van der Waals surface area contributed by atoms with Crippen LogP contribution in [-0.2, 0) is 4.79 Å². The topological polar surface area (TPSA) is 41.6 Å². The fraction of sp³-hybridized carbons (Fsp3) is 0.611. The first-order valence-corrected chi connectivity index (χ1v) is 8.67. The molecule has 1 aromatic rings. The Morgan fingerprint density at radius 2 is 2.16 bits per heavy atom. The fourth-order valence-corrected chi connectivity index (χ4v) is 3.12. The van der Waals surface area contributed by atoms with Crippen LogP contribution in [-0.4, -0.2) is 42.2 Å². The van der Waals surface area contributed by atoms with Crippen LogP contribution in [0.2, 0.25) is 0 Å². The molecule has 1 aliphatic heterocycles. The number of amides is 1. The number of benzene rings is 1. The summed E-state index contributed by atoms with van der Waals surface area (Å²) in [7, 11) is 0. The largest absolute Gasteiger partial charge is 0.484 e. The van der Waals surface area contributed by atoms with Crippen molar-refractivity contribution in [1.82, 2.24) is 4.90 Å². The first-order chi connectivity index (χ1) is 11.8. The van der Waals surface area contributed by atoms with Crippen LogP contribution in [0.5, 0.6) is 5.75 Å². The summed E-state index contributed by atoms with van der Waals surface area (Å²) < 4.78 is 41.5. The number of ether oxygens (including phenoxy) is 1. The predicted molar refractivity (Wildman–Crippen MR) is 90.7 cm³/mol. The lowest BCUT2D eigenvalue weighted by Gasteiger charge is -2.37. The van der Waals surface area contributed by atoms with Crippen molar-refractivity contribution in [3.8, 4) is 5.75 Å². The van der Waals surface area contributed by atoms with Crippen LogP contribution in [0.4, 0.5) is 18.9 Å². The molecule has 2 rings (SSSR count). The van der Waals surface area contributed by atoms with Gasteiger partial charge in [-0.1, -0.05) is 13.0 Å². The highest BCUT2D eigenvalue weighted by Crippen LogP contribution is 2.23. The summed E-state index contributed by atoms with van der Waals surface area (Å²) in [6.45, 7) is 3.28. The van der Waals surface area contributed by atoms with Gasteiger partial charge < -0.3 is 15.0 Å². The van der Waals surface area contributed by atoms with E-state index < -0.39 is 18.8 Å². The van der Waals surface area contributed by atoms with Gasteiger partial charge in [0.2, 0.25) is 5.91 Å². The molecule has 1 aliphatic rings. The third-order valence-electron chi connectivity index (χ3n) is 4.37. The Kier molecular flexibility index (Phi) is 6.56. The number of hydrogen-bond donors (Lipinski definition) is 1. The molecule has 1 saturated heterocycles. The minimum absolute atomic E-state index is 0.0214. The lowest BCUT2D eigenvalue weighted by Crippen LogP contribution is -2.49. The first-order valence-electron chi connectivity index (χ1n) is 8.67. The highest BCUT2D eigenvalue weighted by Gasteiger charge is 2.29. The molecule has 1 N–H and O–H groups in total. The standard InChI is InChI=1S/C18H25F3N2O2/c1-3-15-8-4-5-10-23(15)17(24)13(2)22-14-7-6-9-16(11-14)25-12-18(19,20)21/h6-7,9,11,13,15,22H,3-5,8,10,12H2,1-2H3. The lowest BCUT2D eigenvalue weighted by atomic mass is 9.99. The molecular formula is C18H25F3N2O2. The molecule has 4 nitrogen and oxygen atoms in total. The van der Waals surface area contributed by atoms with Gasteiger partial charge in [0.25, 0.3) is 0 Å². The van der Waals surface area contributed by atoms with Crippen LogP contribution in [0.15, 0.2) is 24.3 Å². The van der Waals surface area contributed by atoms with Gasteiger partial charge in [-0.25, -0.2) is 0 Å². The third-order valence-corrected chi connectivity index (χ3v) is 4.37. The first kappa shape index (κ1) is 19.4. The van der Waals surface area contributed by atoms with Crippen molar-refractivity contribution in [3.05, 3.63) is 24.3 Å². The van der Waals surface area contributed by atoms with Crippen LogP contribution in [0.3, 0.4) is 0 Å². The minimum atomic E-state index is -4.38. The Hall–Kier alpha value is -1.92. The van der Waals surface area contributed by atoms with Crippen molar-refractivity contribution in [2.24, 2.45) is 0 Å². The SMILES string of the molecule is CCC1CCCCN1C(=O)C(C)Nc1cccc(OCC(F)(F)F)c1. The van der Waals surface area contributed by atoms with E-state index in [0.29, 0.717) is 5.69 Å². The van der Waals surface area contributed by atoms with E-state index in [-0.39, 0.29) is 17.7 Å². The average molecular weight is 358 g/mol. The zero-order chi connectivity index (χ0) is 18.4. The van der Waals surface area contributed by atoms with Crippen molar-refractivity contribution in [2.45, 2.75) is 57.8 Å². The second-order valence-electron chi connectivity index (χ2n) is 6.39. The summed E-state index contributed by atoms with van der Waals surface area (Å²) in [6.07, 6.45) is -0.274. The molecule has 1 aromatic carbocycles. The molecular weight excluding hydrogens is 333 g/mol. The van der Waals surface area contributed by atoms with E-state index >= 15 is 0 Å². The molecule has 2 atom stereocenters. The number of halogens is 3. The quantitative estimate of drug-likeness (QED) is 0.828. The molecule has 1 amide bonds. The Morgan fingerprint density at radius 1 is 1.40 bits per heavy atom. The van der Waals surface area contributed by atoms with Gasteiger partial charge in [0.15, 0.2) is 6.61 Å². The number of rotatable bonds is 6. The van der Waals surface area contributed by atoms with Crippen LogP contribution < -0.4 is 10.1 Å². The van der Waals surface area contributed by atoms with Gasteiger partial charge in [-0.2, -0.15) is 13.2 Å². The van der Waals surface area contributed by atoms with Gasteiger partial charge in [0.1, 0.15) is 11.8 Å². The van der Waals surface area contributed by atoms with Crippen molar-refractivity contribution in [2.75, 3.05) is 18.5 Å². The zero-order valence-electron chi connectivity index (χ0n) is 14.6. The number of nitrogens with one attached hydrogen (secondary N) is 1. The van der Waals surface area contributed by atoms with Crippen molar-refractivity contribution in [3.63, 3.8) is 0 Å². The average Bonchev–Trinajstić information content (AvgIpc) is 2.59. The third kappa shape index (κ3) is 5.83. The molecule has 0 spiro atoms. The van der Waals surface area contributed by atoms with E-state index in [1.165, 1.54) is 12.1 Å². The number of hydrogen-bond acceptors (Lipinski definition) is 3. The van der Waals surface area contributed by atoms with Gasteiger partial charge in [0, 0.05) is 24.3 Å². The summed E-state index contributed by atoms with van der Waals surface area (Å²) in [5.41, 5.74) is 0.561. The maximum Gasteiger partial charge on any atom is 0.422 e. The van der Waals surface area contributed by atoms with Gasteiger partial charge in [0.05, 0.1) is 0 Å². The normalized spacial score (nSPS) is 19.4. The van der Waals surface area contributed by atoms with Crippen molar-refractivity contribution >= 4 is 11.6 Å². The Balaban J connectivity index is 1.97. The number of carbonyl (C=O) groups excluding carboxylic acids is 1. The molecule has 140 valence electrons. The van der Waals surface area contributed by atoms with Crippen molar-refractivity contribution < 1.29 is 22.7 Å². The van der Waals surface area contributed by atoms with E-state index in [0.717, 1.165) is 32.2 Å². The molecule has 25 heavy (non-hydrogen) atoms. The predicted octanol–water partition coefficient (Wildman–Crippen LogP) is 4.22. The maximum absolute atomic E-state index is 12.7. The van der Waals surface area contributed by atoms with E-state index in [4.69, 9.17) is 4.74 Å². The number of nitrogens with zero attached hydrogens (tertiary/aromatic N) is 1. The fourth-order valence-electron chi connectivity index (χ4n) is 3.12. The minimum Gasteiger partial charge on any atom is -0.484 e. The number of alkyl halides is 3. The van der Waals surface area contributed by atoms with Crippen molar-refractivity contribution in [1.29, 1.82) is 0 Å². The maximum atomic E-state index is 12.7.